The molecule has 1 aliphatic heterocycles. The first-order valence-corrected chi connectivity index (χ1v) is 16.7. The Labute approximate surface area is 262 Å². The van der Waals surface area contributed by atoms with E-state index in [0.29, 0.717) is 34.9 Å². The molecule has 11 nitrogen and oxygen atoms in total. The summed E-state index contributed by atoms with van der Waals surface area (Å²) in [5, 5.41) is 6.76. The van der Waals surface area contributed by atoms with Crippen LogP contribution in [-0.4, -0.2) is 65.9 Å². The van der Waals surface area contributed by atoms with Gasteiger partial charge < -0.3 is 20.3 Å². The summed E-state index contributed by atoms with van der Waals surface area (Å²) in [7, 11) is -3.46. The highest BCUT2D eigenvalue weighted by Crippen LogP contribution is 2.50. The standard InChI is InChI=1S/C33H36N6O5S/c1-20-9-10-21(13-28(20)45(5,42)43)30(40)35-17-24-14-27-22(16-34-24)11-12-26(36-27)25-7-6-8-29(37-25)39-18-23-15-33(23,19-39)38-31(41)44-32(2,3)4/h6-14,16,23H,15,17-19H2,1-5H3,(H,35,40)(H,38,41). The molecule has 45 heavy (non-hydrogen) atoms. The average molecular weight is 629 g/mol. The summed E-state index contributed by atoms with van der Waals surface area (Å²) >= 11 is 0. The third-order valence-corrected chi connectivity index (χ3v) is 9.37. The van der Waals surface area contributed by atoms with Crippen LogP contribution < -0.4 is 15.5 Å². The Morgan fingerprint density at radius 1 is 1.07 bits per heavy atom. The molecule has 4 heterocycles. The fourth-order valence-corrected chi connectivity index (χ4v) is 6.81. The van der Waals surface area contributed by atoms with Gasteiger partial charge in [-0.15, -0.1) is 0 Å². The number of carbonyl (C=O) groups is 2. The molecule has 6 rings (SSSR count). The van der Waals surface area contributed by atoms with Crippen molar-refractivity contribution in [3.05, 3.63) is 77.6 Å². The van der Waals surface area contributed by atoms with E-state index < -0.39 is 27.4 Å². The van der Waals surface area contributed by atoms with Crippen molar-refractivity contribution in [2.75, 3.05) is 24.2 Å². The summed E-state index contributed by atoms with van der Waals surface area (Å²) in [6, 6.07) is 16.1. The number of ether oxygens (including phenoxy) is 1. The van der Waals surface area contributed by atoms with Crippen molar-refractivity contribution in [3.63, 3.8) is 0 Å². The van der Waals surface area contributed by atoms with E-state index in [0.717, 1.165) is 36.1 Å². The molecule has 0 spiro atoms. The van der Waals surface area contributed by atoms with Crippen LogP contribution in [0.1, 0.15) is 48.8 Å². The van der Waals surface area contributed by atoms with E-state index in [2.05, 4.69) is 20.5 Å². The molecule has 0 radical (unpaired) electrons. The van der Waals surface area contributed by atoms with Crippen LogP contribution in [0.4, 0.5) is 10.6 Å². The van der Waals surface area contributed by atoms with Crippen molar-refractivity contribution in [1.29, 1.82) is 0 Å². The number of pyridine rings is 3. The quantitative estimate of drug-likeness (QED) is 0.304. The number of sulfone groups is 1. The molecule has 2 unspecified atom stereocenters. The number of aromatic nitrogens is 3. The van der Waals surface area contributed by atoms with Gasteiger partial charge >= 0.3 is 6.09 Å². The first kappa shape index (κ1) is 30.4. The van der Waals surface area contributed by atoms with Crippen LogP contribution in [0.15, 0.2) is 65.7 Å². The lowest BCUT2D eigenvalue weighted by Gasteiger charge is -2.25. The predicted molar refractivity (Wildman–Crippen MR) is 171 cm³/mol. The number of nitrogens with zero attached hydrogens (tertiary/aromatic N) is 4. The van der Waals surface area contributed by atoms with Gasteiger partial charge in [-0.05, 0) is 82.1 Å². The number of carbonyl (C=O) groups excluding carboxylic acids is 2. The number of hydrogen-bond donors (Lipinski definition) is 2. The Morgan fingerprint density at radius 2 is 1.84 bits per heavy atom. The van der Waals surface area contributed by atoms with E-state index in [1.807, 2.05) is 57.2 Å². The van der Waals surface area contributed by atoms with Gasteiger partial charge in [0.15, 0.2) is 9.84 Å². The normalized spacial score (nSPS) is 19.2. The Balaban J connectivity index is 1.15. The number of alkyl carbamates (subject to hydrolysis) is 1. The van der Waals surface area contributed by atoms with Crippen molar-refractivity contribution in [1.82, 2.24) is 25.6 Å². The van der Waals surface area contributed by atoms with Crippen molar-refractivity contribution in [3.8, 4) is 11.4 Å². The van der Waals surface area contributed by atoms with Crippen LogP contribution in [0.3, 0.4) is 0 Å². The Morgan fingerprint density at radius 3 is 2.60 bits per heavy atom. The molecule has 234 valence electrons. The summed E-state index contributed by atoms with van der Waals surface area (Å²) < 4.78 is 29.6. The molecular formula is C33H36N6O5S. The lowest BCUT2D eigenvalue weighted by atomic mass is 10.1. The molecule has 1 saturated carbocycles. The van der Waals surface area contributed by atoms with Crippen LogP contribution in [-0.2, 0) is 21.1 Å². The molecule has 2 amide bonds. The Kier molecular flexibility index (Phi) is 7.51. The summed E-state index contributed by atoms with van der Waals surface area (Å²) in [5.74, 6) is 0.779. The van der Waals surface area contributed by atoms with Gasteiger partial charge in [-0.1, -0.05) is 12.1 Å². The van der Waals surface area contributed by atoms with Gasteiger partial charge in [-0.2, -0.15) is 0 Å². The summed E-state index contributed by atoms with van der Waals surface area (Å²) in [4.78, 5) is 41.8. The van der Waals surface area contributed by atoms with E-state index in [1.54, 1.807) is 25.3 Å². The number of fused-ring (bicyclic) bond motifs is 2. The van der Waals surface area contributed by atoms with Crippen LogP contribution in [0.25, 0.3) is 22.3 Å². The maximum atomic E-state index is 12.8. The highest BCUT2D eigenvalue weighted by Gasteiger charge is 2.61. The second-order valence-electron chi connectivity index (χ2n) is 12.9. The molecule has 1 saturated heterocycles. The third-order valence-electron chi connectivity index (χ3n) is 8.13. The highest BCUT2D eigenvalue weighted by molar-refractivity contribution is 7.90. The first-order chi connectivity index (χ1) is 21.2. The molecule has 2 aliphatic rings. The van der Waals surface area contributed by atoms with Gasteiger partial charge in [-0.25, -0.2) is 23.2 Å². The summed E-state index contributed by atoms with van der Waals surface area (Å²) in [6.45, 7) is 8.87. The van der Waals surface area contributed by atoms with Gasteiger partial charge in [0, 0.05) is 42.4 Å². The van der Waals surface area contributed by atoms with Crippen LogP contribution in [0, 0.1) is 12.8 Å². The van der Waals surface area contributed by atoms with Crippen LogP contribution >= 0.6 is 0 Å². The zero-order chi connectivity index (χ0) is 32.1. The molecule has 12 heteroatoms. The second kappa shape index (κ2) is 11.1. The number of aryl methyl sites for hydroxylation is 1. The fourth-order valence-electron chi connectivity index (χ4n) is 5.81. The number of nitrogens with one attached hydrogen (secondary N) is 2. The van der Waals surface area contributed by atoms with Gasteiger partial charge in [0.25, 0.3) is 5.91 Å². The van der Waals surface area contributed by atoms with E-state index >= 15 is 0 Å². The summed E-state index contributed by atoms with van der Waals surface area (Å²) in [6.07, 6.45) is 3.37. The maximum absolute atomic E-state index is 12.8. The van der Waals surface area contributed by atoms with Gasteiger partial charge in [0.1, 0.15) is 11.4 Å². The number of rotatable bonds is 7. The van der Waals surface area contributed by atoms with Crippen molar-refractivity contribution < 1.29 is 22.7 Å². The predicted octanol–water partition coefficient (Wildman–Crippen LogP) is 4.44. The molecule has 4 aromatic rings. The summed E-state index contributed by atoms with van der Waals surface area (Å²) in [5.41, 5.74) is 2.74. The lowest BCUT2D eigenvalue weighted by molar-refractivity contribution is 0.0498. The zero-order valence-electron chi connectivity index (χ0n) is 25.9. The molecule has 1 aliphatic carbocycles. The lowest BCUT2D eigenvalue weighted by Crippen LogP contribution is -2.44. The third kappa shape index (κ3) is 6.60. The Hall–Kier alpha value is -4.58. The SMILES string of the molecule is Cc1ccc(C(=O)NCc2cc3nc(-c4cccc(N5CC6CC6(NC(=O)OC(C)(C)C)C5)n4)ccc3cn2)cc1S(C)(=O)=O. The Bertz CT molecular complexity index is 1940. The van der Waals surface area contributed by atoms with Crippen LogP contribution in [0.5, 0.6) is 0 Å². The van der Waals surface area contributed by atoms with E-state index in [1.165, 1.54) is 6.07 Å². The van der Waals surface area contributed by atoms with E-state index in [4.69, 9.17) is 14.7 Å². The smallest absolute Gasteiger partial charge is 0.408 e. The number of hydrogen-bond acceptors (Lipinski definition) is 9. The van der Waals surface area contributed by atoms with Crippen molar-refractivity contribution >= 4 is 38.6 Å². The van der Waals surface area contributed by atoms with Gasteiger partial charge in [0.05, 0.1) is 39.6 Å². The molecular weight excluding hydrogens is 592 g/mol. The molecule has 2 atom stereocenters. The fraction of sp³-hybridized carbons (Fsp3) is 0.364. The minimum atomic E-state index is -3.46. The number of piperidine rings is 1. The monoisotopic (exact) mass is 628 g/mol. The largest absolute Gasteiger partial charge is 0.444 e. The molecule has 3 aromatic heterocycles. The number of benzene rings is 1. The second-order valence-corrected chi connectivity index (χ2v) is 14.9. The minimum absolute atomic E-state index is 0.131. The van der Waals surface area contributed by atoms with Crippen LogP contribution in [0.2, 0.25) is 0 Å². The topological polar surface area (TPSA) is 143 Å². The minimum Gasteiger partial charge on any atom is -0.444 e. The van der Waals surface area contributed by atoms with E-state index in [9.17, 15) is 18.0 Å². The highest BCUT2D eigenvalue weighted by atomic mass is 32.2. The zero-order valence-corrected chi connectivity index (χ0v) is 26.7. The first-order valence-electron chi connectivity index (χ1n) is 14.8. The van der Waals surface area contributed by atoms with Gasteiger partial charge in [0.2, 0.25) is 0 Å². The molecule has 2 fully saturated rings. The molecule has 1 aromatic carbocycles. The van der Waals surface area contributed by atoms with E-state index in [-0.39, 0.29) is 22.5 Å². The van der Waals surface area contributed by atoms with Crippen molar-refractivity contribution in [2.45, 2.75) is 56.7 Å². The number of amides is 2. The molecule has 2 N–H and O–H groups in total. The maximum Gasteiger partial charge on any atom is 0.408 e. The molecule has 0 bridgehead atoms. The van der Waals surface area contributed by atoms with Gasteiger partial charge in [-0.3, -0.25) is 9.78 Å². The average Bonchev–Trinajstić information content (AvgIpc) is 3.51. The van der Waals surface area contributed by atoms with Crippen molar-refractivity contribution in [2.24, 2.45) is 5.92 Å². The number of anilines is 1.